The maximum absolute atomic E-state index is 5.96. The minimum atomic E-state index is 0.365. The Hall–Kier alpha value is -4.80. The molecular weight excluding hydrogens is 408 g/mol. The summed E-state index contributed by atoms with van der Waals surface area (Å²) in [6.07, 6.45) is 3.44. The summed E-state index contributed by atoms with van der Waals surface area (Å²) in [7, 11) is 0. The SMILES string of the molecule is Cc1nc(N)cc(-c2c(Nc3ccn(-c4nc5ccccc5o4)n3)nc3cccnn23)n1. The van der Waals surface area contributed by atoms with Crippen LogP contribution in [-0.4, -0.2) is 39.3 Å². The molecule has 6 rings (SSSR count). The normalized spacial score (nSPS) is 11.4. The third-order valence-electron chi connectivity index (χ3n) is 4.81. The standard InChI is InChI=1S/C21H16N10O/c1-12-24-14(11-16(22)25-12)19-20(28-18-7-4-9-23-31(18)19)27-17-8-10-30(29-17)21-26-13-5-2-3-6-15(13)32-21/h2-11H,1H3,(H,27,29)(H2,22,24,25). The van der Waals surface area contributed by atoms with E-state index in [2.05, 4.69) is 35.5 Å². The van der Waals surface area contributed by atoms with Gasteiger partial charge in [-0.25, -0.2) is 19.5 Å². The topological polar surface area (TPSA) is 138 Å². The van der Waals surface area contributed by atoms with Crippen molar-refractivity contribution in [2.24, 2.45) is 0 Å². The third-order valence-corrected chi connectivity index (χ3v) is 4.81. The zero-order chi connectivity index (χ0) is 21.7. The smallest absolute Gasteiger partial charge is 0.323 e. The molecule has 0 saturated heterocycles. The van der Waals surface area contributed by atoms with Crippen LogP contribution in [0.2, 0.25) is 0 Å². The monoisotopic (exact) mass is 424 g/mol. The van der Waals surface area contributed by atoms with Crippen molar-refractivity contribution >= 4 is 34.2 Å². The van der Waals surface area contributed by atoms with Crippen LogP contribution < -0.4 is 11.1 Å². The molecule has 5 heterocycles. The van der Waals surface area contributed by atoms with Crippen molar-refractivity contribution in [2.45, 2.75) is 6.92 Å². The van der Waals surface area contributed by atoms with Gasteiger partial charge in [0.05, 0.1) is 5.69 Å². The first-order valence-electron chi connectivity index (χ1n) is 9.78. The first-order valence-corrected chi connectivity index (χ1v) is 9.78. The van der Waals surface area contributed by atoms with Gasteiger partial charge in [0.15, 0.2) is 22.9 Å². The Morgan fingerprint density at radius 3 is 2.78 bits per heavy atom. The highest BCUT2D eigenvalue weighted by Gasteiger charge is 2.19. The lowest BCUT2D eigenvalue weighted by Crippen LogP contribution is -2.02. The molecule has 3 N–H and O–H groups in total. The fraction of sp³-hybridized carbons (Fsp3) is 0.0476. The lowest BCUT2D eigenvalue weighted by Gasteiger charge is -2.06. The molecule has 1 aromatic carbocycles. The van der Waals surface area contributed by atoms with Gasteiger partial charge >= 0.3 is 6.01 Å². The number of nitrogens with one attached hydrogen (secondary N) is 1. The Labute approximate surface area is 180 Å². The number of aromatic nitrogens is 8. The Bertz CT molecular complexity index is 1540. The van der Waals surface area contributed by atoms with E-state index in [1.165, 1.54) is 0 Å². The van der Waals surface area contributed by atoms with Crippen molar-refractivity contribution in [3.63, 3.8) is 0 Å². The molecule has 11 nitrogen and oxygen atoms in total. The van der Waals surface area contributed by atoms with E-state index >= 15 is 0 Å². The van der Waals surface area contributed by atoms with E-state index in [1.807, 2.05) is 36.4 Å². The summed E-state index contributed by atoms with van der Waals surface area (Å²) < 4.78 is 9.04. The van der Waals surface area contributed by atoms with Crippen LogP contribution in [0.15, 0.2) is 65.3 Å². The van der Waals surface area contributed by atoms with Crippen LogP contribution in [0.5, 0.6) is 0 Å². The van der Waals surface area contributed by atoms with Crippen LogP contribution in [0.4, 0.5) is 17.5 Å². The van der Waals surface area contributed by atoms with E-state index in [9.17, 15) is 0 Å². The average Bonchev–Trinajstić information content (AvgIpc) is 3.49. The molecule has 5 aromatic heterocycles. The largest absolute Gasteiger partial charge is 0.422 e. The molecule has 0 fully saturated rings. The number of para-hydroxylation sites is 2. The lowest BCUT2D eigenvalue weighted by molar-refractivity contribution is 0.544. The summed E-state index contributed by atoms with van der Waals surface area (Å²) >= 11 is 0. The number of benzene rings is 1. The number of fused-ring (bicyclic) bond motifs is 2. The molecule has 0 aliphatic heterocycles. The predicted octanol–water partition coefficient (Wildman–Crippen LogP) is 3.15. The molecule has 11 heteroatoms. The summed E-state index contributed by atoms with van der Waals surface area (Å²) in [6, 6.07) is 15.1. The Balaban J connectivity index is 1.42. The van der Waals surface area contributed by atoms with Crippen molar-refractivity contribution in [3.05, 3.63) is 66.7 Å². The van der Waals surface area contributed by atoms with Crippen LogP contribution in [0.1, 0.15) is 5.82 Å². The van der Waals surface area contributed by atoms with Gasteiger partial charge in [-0.2, -0.15) is 14.8 Å². The van der Waals surface area contributed by atoms with Gasteiger partial charge in [0.1, 0.15) is 22.9 Å². The van der Waals surface area contributed by atoms with E-state index in [1.54, 1.807) is 40.6 Å². The maximum atomic E-state index is 5.96. The van der Waals surface area contributed by atoms with Gasteiger partial charge < -0.3 is 15.5 Å². The van der Waals surface area contributed by atoms with Crippen molar-refractivity contribution in [1.29, 1.82) is 0 Å². The van der Waals surface area contributed by atoms with Gasteiger partial charge in [-0.05, 0) is 31.2 Å². The van der Waals surface area contributed by atoms with E-state index in [0.717, 1.165) is 5.52 Å². The van der Waals surface area contributed by atoms with E-state index in [-0.39, 0.29) is 0 Å². The van der Waals surface area contributed by atoms with Crippen molar-refractivity contribution < 1.29 is 4.42 Å². The Kier molecular flexibility index (Phi) is 3.87. The molecule has 0 saturated carbocycles. The van der Waals surface area contributed by atoms with Gasteiger partial charge in [0.25, 0.3) is 0 Å². The fourth-order valence-corrected chi connectivity index (χ4v) is 3.49. The number of nitrogen functional groups attached to an aromatic ring is 1. The van der Waals surface area contributed by atoms with Crippen LogP contribution in [0.3, 0.4) is 0 Å². The van der Waals surface area contributed by atoms with Crippen molar-refractivity contribution in [2.75, 3.05) is 11.1 Å². The number of nitrogens with two attached hydrogens (primary N) is 1. The predicted molar refractivity (Wildman–Crippen MR) is 118 cm³/mol. The summed E-state index contributed by atoms with van der Waals surface area (Å²) in [6.45, 7) is 1.78. The molecule has 0 bridgehead atoms. The minimum Gasteiger partial charge on any atom is -0.422 e. The molecule has 0 amide bonds. The van der Waals surface area contributed by atoms with E-state index < -0.39 is 0 Å². The number of imidazole rings is 1. The van der Waals surface area contributed by atoms with E-state index in [4.69, 9.17) is 10.2 Å². The molecule has 0 spiro atoms. The maximum Gasteiger partial charge on any atom is 0.323 e. The quantitative estimate of drug-likeness (QED) is 0.437. The Morgan fingerprint density at radius 2 is 1.91 bits per heavy atom. The number of rotatable bonds is 4. The van der Waals surface area contributed by atoms with Crippen molar-refractivity contribution in [1.82, 2.24) is 39.3 Å². The first-order chi connectivity index (χ1) is 15.6. The van der Waals surface area contributed by atoms with E-state index in [0.29, 0.717) is 51.9 Å². The van der Waals surface area contributed by atoms with Gasteiger partial charge in [0.2, 0.25) is 0 Å². The van der Waals surface area contributed by atoms with Gasteiger partial charge in [-0.15, -0.1) is 5.10 Å². The molecule has 156 valence electrons. The second-order valence-electron chi connectivity index (χ2n) is 7.06. The number of nitrogens with zero attached hydrogens (tertiary/aromatic N) is 8. The minimum absolute atomic E-state index is 0.365. The fourth-order valence-electron chi connectivity index (χ4n) is 3.49. The molecule has 0 unspecified atom stereocenters. The molecule has 0 aliphatic rings. The zero-order valence-corrected chi connectivity index (χ0v) is 16.8. The molecule has 0 radical (unpaired) electrons. The second-order valence-corrected chi connectivity index (χ2v) is 7.06. The molecular formula is C21H16N10O. The van der Waals surface area contributed by atoms with Gasteiger partial charge in [0, 0.05) is 24.5 Å². The highest BCUT2D eigenvalue weighted by atomic mass is 16.4. The summed E-state index contributed by atoms with van der Waals surface area (Å²) in [5.74, 6) is 2.00. The van der Waals surface area contributed by atoms with Gasteiger partial charge in [-0.1, -0.05) is 12.1 Å². The number of oxazole rings is 1. The highest BCUT2D eigenvalue weighted by molar-refractivity contribution is 5.77. The summed E-state index contributed by atoms with van der Waals surface area (Å²) in [5, 5.41) is 12.2. The first kappa shape index (κ1) is 18.0. The molecule has 6 aromatic rings. The van der Waals surface area contributed by atoms with Crippen molar-refractivity contribution in [3.8, 4) is 17.4 Å². The van der Waals surface area contributed by atoms with Crippen LogP contribution in [0, 0.1) is 6.92 Å². The van der Waals surface area contributed by atoms with Gasteiger partial charge in [-0.3, -0.25) is 0 Å². The summed E-state index contributed by atoms with van der Waals surface area (Å²) in [4.78, 5) is 17.8. The number of anilines is 3. The number of hydrogen-bond donors (Lipinski definition) is 2. The number of aryl methyl sites for hydroxylation is 1. The summed E-state index contributed by atoms with van der Waals surface area (Å²) in [5.41, 5.74) is 9.31. The third kappa shape index (κ3) is 2.99. The highest BCUT2D eigenvalue weighted by Crippen LogP contribution is 2.30. The molecule has 0 aliphatic carbocycles. The zero-order valence-electron chi connectivity index (χ0n) is 16.8. The van der Waals surface area contributed by atoms with Crippen LogP contribution in [0.25, 0.3) is 34.1 Å². The Morgan fingerprint density at radius 1 is 1.00 bits per heavy atom. The molecule has 0 atom stereocenters. The average molecular weight is 424 g/mol. The van der Waals surface area contributed by atoms with Crippen LogP contribution >= 0.6 is 0 Å². The molecule has 32 heavy (non-hydrogen) atoms. The number of hydrogen-bond acceptors (Lipinski definition) is 9. The lowest BCUT2D eigenvalue weighted by atomic mass is 10.3. The second kappa shape index (κ2) is 6.87. The van der Waals surface area contributed by atoms with Crippen LogP contribution in [-0.2, 0) is 0 Å².